The third-order valence-electron chi connectivity index (χ3n) is 8.08. The standard InChI is InChI=1S/C31H39N5O4/c1-4-33-17-19-34(20-18-33)27-10-7-9-24-25(27)22-35(31(24)37)26(23-13-14-28(39-2)29(21-23)40-3)11-8-15-32-30-12-5-6-16-36(30)38/h5-7,9-10,12-14,16,21,26,32H,4,8,11,15,17-20,22H2,1-3H3/t26-/m1/s1. The van der Waals surface area contributed by atoms with Gasteiger partial charge in [-0.1, -0.05) is 25.1 Å². The Hall–Kier alpha value is -3.98. The molecule has 2 aromatic carbocycles. The number of likely N-dealkylation sites (N-methyl/N-ethyl adjacent to an activating group) is 1. The van der Waals surface area contributed by atoms with Crippen LogP contribution in [0.2, 0.25) is 0 Å². The largest absolute Gasteiger partial charge is 0.711 e. The van der Waals surface area contributed by atoms with Gasteiger partial charge in [-0.15, -0.1) is 0 Å². The first kappa shape index (κ1) is 27.6. The summed E-state index contributed by atoms with van der Waals surface area (Å²) in [4.78, 5) is 20.8. The van der Waals surface area contributed by atoms with Crippen molar-refractivity contribution in [2.45, 2.75) is 32.4 Å². The molecule has 1 aromatic heterocycles. The van der Waals surface area contributed by atoms with Gasteiger partial charge in [0.05, 0.1) is 33.0 Å². The molecule has 40 heavy (non-hydrogen) atoms. The van der Waals surface area contributed by atoms with Gasteiger partial charge >= 0.3 is 0 Å². The Labute approximate surface area is 236 Å². The van der Waals surface area contributed by atoms with Crippen LogP contribution in [0.3, 0.4) is 0 Å². The Kier molecular flexibility index (Phi) is 8.60. The van der Waals surface area contributed by atoms with Crippen molar-refractivity contribution in [2.24, 2.45) is 0 Å². The van der Waals surface area contributed by atoms with Gasteiger partial charge in [-0.25, -0.2) is 4.73 Å². The minimum absolute atomic E-state index is 0.0530. The van der Waals surface area contributed by atoms with Crippen LogP contribution in [-0.2, 0) is 6.54 Å². The summed E-state index contributed by atoms with van der Waals surface area (Å²) >= 11 is 0. The van der Waals surface area contributed by atoms with E-state index in [1.807, 2.05) is 41.3 Å². The molecule has 1 atom stereocenters. The first-order valence-electron chi connectivity index (χ1n) is 14.1. The lowest BCUT2D eigenvalue weighted by Gasteiger charge is -2.36. The molecular weight excluding hydrogens is 506 g/mol. The van der Waals surface area contributed by atoms with Crippen molar-refractivity contribution in [1.82, 2.24) is 9.80 Å². The monoisotopic (exact) mass is 545 g/mol. The molecule has 0 bridgehead atoms. The fraction of sp³-hybridized carbons (Fsp3) is 0.419. The first-order chi connectivity index (χ1) is 19.5. The molecule has 0 unspecified atom stereocenters. The molecule has 1 amide bonds. The number of ether oxygens (including phenoxy) is 2. The average molecular weight is 546 g/mol. The highest BCUT2D eigenvalue weighted by Crippen LogP contribution is 2.40. The Balaban J connectivity index is 1.39. The van der Waals surface area contributed by atoms with Crippen LogP contribution in [0.1, 0.15) is 47.3 Å². The zero-order valence-electron chi connectivity index (χ0n) is 23.6. The van der Waals surface area contributed by atoms with E-state index in [1.54, 1.807) is 26.4 Å². The summed E-state index contributed by atoms with van der Waals surface area (Å²) in [5.41, 5.74) is 4.06. The van der Waals surface area contributed by atoms with Gasteiger partial charge in [-0.05, 0) is 55.3 Å². The number of methoxy groups -OCH3 is 2. The summed E-state index contributed by atoms with van der Waals surface area (Å²) in [7, 11) is 3.25. The van der Waals surface area contributed by atoms with Crippen LogP contribution in [0, 0.1) is 5.21 Å². The van der Waals surface area contributed by atoms with Crippen molar-refractivity contribution < 1.29 is 19.0 Å². The fourth-order valence-corrected chi connectivity index (χ4v) is 5.83. The van der Waals surface area contributed by atoms with Gasteiger partial charge in [0.25, 0.3) is 11.7 Å². The molecule has 9 heteroatoms. The number of rotatable bonds is 11. The van der Waals surface area contributed by atoms with Crippen molar-refractivity contribution in [1.29, 1.82) is 0 Å². The van der Waals surface area contributed by atoms with E-state index in [0.717, 1.165) is 67.0 Å². The first-order valence-corrected chi connectivity index (χ1v) is 14.1. The average Bonchev–Trinajstić information content (AvgIpc) is 3.33. The van der Waals surface area contributed by atoms with Crippen LogP contribution < -0.4 is 24.4 Å². The number of benzene rings is 2. The van der Waals surface area contributed by atoms with Crippen LogP contribution in [0.4, 0.5) is 11.5 Å². The molecule has 3 aromatic rings. The molecule has 5 rings (SSSR count). The third-order valence-corrected chi connectivity index (χ3v) is 8.08. The molecule has 3 heterocycles. The van der Waals surface area contributed by atoms with Crippen molar-refractivity contribution in [3.8, 4) is 11.5 Å². The van der Waals surface area contributed by atoms with E-state index in [2.05, 4.69) is 28.1 Å². The molecule has 212 valence electrons. The molecule has 0 spiro atoms. The van der Waals surface area contributed by atoms with Crippen molar-refractivity contribution >= 4 is 17.4 Å². The van der Waals surface area contributed by atoms with Crippen LogP contribution in [0.5, 0.6) is 11.5 Å². The number of carbonyl (C=O) groups is 1. The topological polar surface area (TPSA) is 84.2 Å². The molecule has 2 aliphatic heterocycles. The lowest BCUT2D eigenvalue weighted by atomic mass is 9.99. The maximum atomic E-state index is 13.9. The molecule has 0 radical (unpaired) electrons. The van der Waals surface area contributed by atoms with Gasteiger partial charge in [-0.3, -0.25) is 10.1 Å². The number of piperazine rings is 1. The maximum Gasteiger partial charge on any atom is 0.277 e. The Morgan fingerprint density at radius 2 is 1.80 bits per heavy atom. The zero-order valence-corrected chi connectivity index (χ0v) is 23.6. The number of nitrogens with zero attached hydrogens (tertiary/aromatic N) is 4. The van der Waals surface area contributed by atoms with E-state index in [1.165, 1.54) is 11.9 Å². The van der Waals surface area contributed by atoms with Gasteiger partial charge in [0, 0.05) is 55.6 Å². The fourth-order valence-electron chi connectivity index (χ4n) is 5.83. The summed E-state index contributed by atoms with van der Waals surface area (Å²) in [6.07, 6.45) is 2.97. The number of pyridine rings is 1. The van der Waals surface area contributed by atoms with Crippen molar-refractivity contribution in [2.75, 3.05) is 63.7 Å². The minimum atomic E-state index is -0.165. The van der Waals surface area contributed by atoms with Crippen LogP contribution >= 0.6 is 0 Å². The van der Waals surface area contributed by atoms with Gasteiger partial charge in [0.1, 0.15) is 0 Å². The molecule has 1 saturated heterocycles. The van der Waals surface area contributed by atoms with Gasteiger partial charge in [0.15, 0.2) is 11.5 Å². The smallest absolute Gasteiger partial charge is 0.277 e. The SMILES string of the molecule is CCN1CCN(c2cccc3c2CN([C@H](CCCNc2cccc[n+]2[O-])c2ccc(OC)c(OC)c2)C3=O)CC1. The van der Waals surface area contributed by atoms with E-state index in [-0.39, 0.29) is 11.9 Å². The lowest BCUT2D eigenvalue weighted by Crippen LogP contribution is -2.46. The van der Waals surface area contributed by atoms with E-state index < -0.39 is 0 Å². The zero-order chi connectivity index (χ0) is 28.1. The summed E-state index contributed by atoms with van der Waals surface area (Å²) in [6, 6.07) is 17.2. The second-order valence-electron chi connectivity index (χ2n) is 10.3. The number of nitrogens with one attached hydrogen (secondary N) is 1. The molecule has 0 aliphatic carbocycles. The highest BCUT2D eigenvalue weighted by Gasteiger charge is 2.36. The summed E-state index contributed by atoms with van der Waals surface area (Å²) in [5.74, 6) is 1.86. The third kappa shape index (κ3) is 5.65. The van der Waals surface area contributed by atoms with Crippen molar-refractivity contribution in [3.63, 3.8) is 0 Å². The van der Waals surface area contributed by atoms with Crippen LogP contribution in [0.25, 0.3) is 0 Å². The molecular formula is C31H39N5O4. The second-order valence-corrected chi connectivity index (χ2v) is 10.3. The number of fused-ring (bicyclic) bond motifs is 1. The highest BCUT2D eigenvalue weighted by molar-refractivity contribution is 6.00. The number of aromatic nitrogens is 1. The number of carbonyl (C=O) groups excluding carboxylic acids is 1. The Morgan fingerprint density at radius 3 is 2.52 bits per heavy atom. The molecule has 9 nitrogen and oxygen atoms in total. The van der Waals surface area contributed by atoms with E-state index >= 15 is 0 Å². The number of hydrogen-bond donors (Lipinski definition) is 1. The lowest BCUT2D eigenvalue weighted by molar-refractivity contribution is -0.590. The van der Waals surface area contributed by atoms with Crippen LogP contribution in [-0.4, -0.2) is 69.2 Å². The molecule has 1 N–H and O–H groups in total. The van der Waals surface area contributed by atoms with E-state index in [4.69, 9.17) is 9.47 Å². The van der Waals surface area contributed by atoms with E-state index in [9.17, 15) is 10.0 Å². The van der Waals surface area contributed by atoms with Gasteiger partial charge < -0.3 is 29.4 Å². The minimum Gasteiger partial charge on any atom is -0.711 e. The number of anilines is 2. The number of amides is 1. The van der Waals surface area contributed by atoms with Crippen molar-refractivity contribution in [3.05, 3.63) is 82.7 Å². The molecule has 0 saturated carbocycles. The molecule has 2 aliphatic rings. The summed E-state index contributed by atoms with van der Waals surface area (Å²) < 4.78 is 11.9. The van der Waals surface area contributed by atoms with Gasteiger partial charge in [0.2, 0.25) is 0 Å². The highest BCUT2D eigenvalue weighted by atomic mass is 16.5. The summed E-state index contributed by atoms with van der Waals surface area (Å²) in [5, 5.41) is 15.3. The van der Waals surface area contributed by atoms with Gasteiger partial charge in [-0.2, -0.15) is 0 Å². The second kappa shape index (κ2) is 12.5. The predicted molar refractivity (Wildman–Crippen MR) is 156 cm³/mol. The quantitative estimate of drug-likeness (QED) is 0.221. The summed E-state index contributed by atoms with van der Waals surface area (Å²) in [6.45, 7) is 8.42. The Morgan fingerprint density at radius 1 is 1.00 bits per heavy atom. The predicted octanol–water partition coefficient (Wildman–Crippen LogP) is 4.07. The van der Waals surface area contributed by atoms with E-state index in [0.29, 0.717) is 30.4 Å². The van der Waals surface area contributed by atoms with Crippen LogP contribution in [0.15, 0.2) is 60.8 Å². The number of hydrogen-bond acceptors (Lipinski definition) is 7. The Bertz CT molecular complexity index is 1320. The molecule has 1 fully saturated rings. The maximum absolute atomic E-state index is 13.9. The normalized spacial score (nSPS) is 16.1.